The highest BCUT2D eigenvalue weighted by atomic mass is 32.2. The summed E-state index contributed by atoms with van der Waals surface area (Å²) in [5, 5.41) is 5.81. The van der Waals surface area contributed by atoms with Gasteiger partial charge in [0, 0.05) is 12.6 Å². The van der Waals surface area contributed by atoms with Gasteiger partial charge in [-0.15, -0.1) is 0 Å². The topological polar surface area (TPSA) is 41.1 Å². The predicted octanol–water partition coefficient (Wildman–Crippen LogP) is 3.02. The minimum atomic E-state index is -0.0900. The average Bonchev–Trinajstić information content (AvgIpc) is 2.38. The molecule has 4 heteroatoms. The summed E-state index contributed by atoms with van der Waals surface area (Å²) in [5.74, 6) is 2.23. The highest BCUT2D eigenvalue weighted by Crippen LogP contribution is 2.03. The molecule has 0 bridgehead atoms. The molecule has 0 fully saturated rings. The molecule has 1 aromatic carbocycles. The Bertz CT molecular complexity index is 343. The number of rotatable bonds is 7. The average molecular weight is 266 g/mol. The van der Waals surface area contributed by atoms with Gasteiger partial charge in [0.1, 0.15) is 0 Å². The Labute approximate surface area is 114 Å². The van der Waals surface area contributed by atoms with Crippen molar-refractivity contribution in [1.29, 1.82) is 0 Å². The Morgan fingerprint density at radius 3 is 2.72 bits per heavy atom. The molecular weight excluding hydrogens is 244 g/mol. The lowest BCUT2D eigenvalue weighted by Gasteiger charge is -2.14. The first-order valence-corrected chi connectivity index (χ1v) is 7.54. The molecule has 1 atom stereocenters. The summed E-state index contributed by atoms with van der Waals surface area (Å²) >= 11 is 1.90. The Hall–Kier alpha value is -1.16. The molecule has 1 rings (SSSR count). The van der Waals surface area contributed by atoms with Gasteiger partial charge in [-0.05, 0) is 30.4 Å². The number of urea groups is 1. The third-order valence-corrected chi connectivity index (χ3v) is 3.51. The monoisotopic (exact) mass is 266 g/mol. The molecular formula is C14H22N2OS. The predicted molar refractivity (Wildman–Crippen MR) is 78.9 cm³/mol. The number of nitrogens with one attached hydrogen (secondary N) is 2. The molecule has 1 unspecified atom stereocenters. The van der Waals surface area contributed by atoms with Crippen LogP contribution in [0.1, 0.15) is 25.8 Å². The second-order valence-electron chi connectivity index (χ2n) is 4.20. The Morgan fingerprint density at radius 2 is 2.06 bits per heavy atom. The van der Waals surface area contributed by atoms with E-state index in [9.17, 15) is 4.79 Å². The van der Waals surface area contributed by atoms with Crippen molar-refractivity contribution in [3.05, 3.63) is 35.9 Å². The highest BCUT2D eigenvalue weighted by molar-refractivity contribution is 7.99. The van der Waals surface area contributed by atoms with Crippen molar-refractivity contribution in [1.82, 2.24) is 10.6 Å². The van der Waals surface area contributed by atoms with E-state index in [2.05, 4.69) is 17.6 Å². The van der Waals surface area contributed by atoms with Gasteiger partial charge >= 0.3 is 6.03 Å². The maximum absolute atomic E-state index is 11.6. The minimum Gasteiger partial charge on any atom is -0.336 e. The molecule has 0 spiro atoms. The van der Waals surface area contributed by atoms with Gasteiger partial charge in [-0.25, -0.2) is 4.79 Å². The van der Waals surface area contributed by atoms with Gasteiger partial charge in [0.05, 0.1) is 0 Å². The normalized spacial score (nSPS) is 11.9. The van der Waals surface area contributed by atoms with Crippen LogP contribution in [0.3, 0.4) is 0 Å². The van der Waals surface area contributed by atoms with Gasteiger partial charge in [-0.2, -0.15) is 11.8 Å². The number of hydrogen-bond donors (Lipinski definition) is 2. The largest absolute Gasteiger partial charge is 0.336 e. The van der Waals surface area contributed by atoms with E-state index >= 15 is 0 Å². The number of carbonyl (C=O) groups is 1. The van der Waals surface area contributed by atoms with E-state index in [1.54, 1.807) is 0 Å². The van der Waals surface area contributed by atoms with E-state index < -0.39 is 0 Å². The summed E-state index contributed by atoms with van der Waals surface area (Å²) in [6, 6.07) is 10.0. The van der Waals surface area contributed by atoms with Crippen molar-refractivity contribution >= 4 is 17.8 Å². The number of benzene rings is 1. The van der Waals surface area contributed by atoms with Crippen molar-refractivity contribution in [3.8, 4) is 0 Å². The van der Waals surface area contributed by atoms with E-state index in [0.29, 0.717) is 6.54 Å². The zero-order chi connectivity index (χ0) is 13.2. The Kier molecular flexibility index (Phi) is 7.34. The van der Waals surface area contributed by atoms with Crippen molar-refractivity contribution in [2.75, 3.05) is 11.5 Å². The van der Waals surface area contributed by atoms with E-state index in [4.69, 9.17) is 0 Å². The molecule has 0 aliphatic carbocycles. The zero-order valence-electron chi connectivity index (χ0n) is 11.1. The zero-order valence-corrected chi connectivity index (χ0v) is 11.9. The van der Waals surface area contributed by atoms with Crippen LogP contribution < -0.4 is 10.6 Å². The molecule has 0 saturated carbocycles. The summed E-state index contributed by atoms with van der Waals surface area (Å²) in [7, 11) is 0. The SMILES string of the molecule is CCSCCC(C)NC(=O)NCc1ccccc1. The van der Waals surface area contributed by atoms with Gasteiger partial charge in [0.15, 0.2) is 0 Å². The first kappa shape index (κ1) is 14.9. The van der Waals surface area contributed by atoms with Crippen molar-refractivity contribution < 1.29 is 4.79 Å². The van der Waals surface area contributed by atoms with E-state index in [0.717, 1.165) is 23.5 Å². The summed E-state index contributed by atoms with van der Waals surface area (Å²) in [5.41, 5.74) is 1.11. The number of carbonyl (C=O) groups excluding carboxylic acids is 1. The first-order chi connectivity index (χ1) is 8.72. The van der Waals surface area contributed by atoms with Crippen LogP contribution in [-0.4, -0.2) is 23.6 Å². The van der Waals surface area contributed by atoms with Crippen molar-refractivity contribution in [2.24, 2.45) is 0 Å². The van der Waals surface area contributed by atoms with Crippen molar-refractivity contribution in [3.63, 3.8) is 0 Å². The van der Waals surface area contributed by atoms with Crippen LogP contribution in [-0.2, 0) is 6.54 Å². The van der Waals surface area contributed by atoms with Gasteiger partial charge in [-0.1, -0.05) is 37.3 Å². The molecule has 0 saturated heterocycles. The van der Waals surface area contributed by atoms with Crippen LogP contribution in [0.2, 0.25) is 0 Å². The van der Waals surface area contributed by atoms with Gasteiger partial charge in [0.25, 0.3) is 0 Å². The summed E-state index contributed by atoms with van der Waals surface area (Å²) in [4.78, 5) is 11.6. The molecule has 0 heterocycles. The van der Waals surface area contributed by atoms with E-state index in [1.165, 1.54) is 0 Å². The van der Waals surface area contributed by atoms with Crippen molar-refractivity contribution in [2.45, 2.75) is 32.9 Å². The molecule has 0 aliphatic rings. The standard InChI is InChI=1S/C14H22N2OS/c1-3-18-10-9-12(2)16-14(17)15-11-13-7-5-4-6-8-13/h4-8,12H,3,9-11H2,1-2H3,(H2,15,16,17). The van der Waals surface area contributed by atoms with Crippen LogP contribution in [0, 0.1) is 0 Å². The fourth-order valence-corrected chi connectivity index (χ4v) is 2.34. The lowest BCUT2D eigenvalue weighted by molar-refractivity contribution is 0.237. The molecule has 2 amide bonds. The molecule has 100 valence electrons. The molecule has 1 aromatic rings. The van der Waals surface area contributed by atoms with E-state index in [-0.39, 0.29) is 12.1 Å². The minimum absolute atomic E-state index is 0.0900. The summed E-state index contributed by atoms with van der Waals surface area (Å²) in [6.07, 6.45) is 1.01. The molecule has 0 aromatic heterocycles. The number of hydrogen-bond acceptors (Lipinski definition) is 2. The smallest absolute Gasteiger partial charge is 0.315 e. The fourth-order valence-electron chi connectivity index (χ4n) is 1.53. The molecule has 0 aliphatic heterocycles. The maximum atomic E-state index is 11.6. The number of thioether (sulfide) groups is 1. The summed E-state index contributed by atoms with van der Waals surface area (Å²) in [6.45, 7) is 4.76. The van der Waals surface area contributed by atoms with Gasteiger partial charge in [-0.3, -0.25) is 0 Å². The lowest BCUT2D eigenvalue weighted by atomic mass is 10.2. The lowest BCUT2D eigenvalue weighted by Crippen LogP contribution is -2.40. The van der Waals surface area contributed by atoms with E-state index in [1.807, 2.05) is 49.0 Å². The third-order valence-electron chi connectivity index (χ3n) is 2.57. The molecule has 18 heavy (non-hydrogen) atoms. The Balaban J connectivity index is 2.17. The third kappa shape index (κ3) is 6.55. The van der Waals surface area contributed by atoms with Crippen LogP contribution in [0.5, 0.6) is 0 Å². The second kappa shape index (κ2) is 8.86. The molecule has 3 nitrogen and oxygen atoms in total. The second-order valence-corrected chi connectivity index (χ2v) is 5.59. The Morgan fingerprint density at radius 1 is 1.33 bits per heavy atom. The highest BCUT2D eigenvalue weighted by Gasteiger charge is 2.06. The van der Waals surface area contributed by atoms with Crippen LogP contribution in [0.25, 0.3) is 0 Å². The fraction of sp³-hybridized carbons (Fsp3) is 0.500. The van der Waals surface area contributed by atoms with Crippen LogP contribution in [0.15, 0.2) is 30.3 Å². The van der Waals surface area contributed by atoms with Gasteiger partial charge in [0.2, 0.25) is 0 Å². The molecule has 2 N–H and O–H groups in total. The number of amides is 2. The maximum Gasteiger partial charge on any atom is 0.315 e. The van der Waals surface area contributed by atoms with Gasteiger partial charge < -0.3 is 10.6 Å². The summed E-state index contributed by atoms with van der Waals surface area (Å²) < 4.78 is 0. The molecule has 0 radical (unpaired) electrons. The quantitative estimate of drug-likeness (QED) is 0.745. The van der Waals surface area contributed by atoms with Crippen LogP contribution in [0.4, 0.5) is 4.79 Å². The first-order valence-electron chi connectivity index (χ1n) is 6.38. The van der Waals surface area contributed by atoms with Crippen LogP contribution >= 0.6 is 11.8 Å².